The number of nitrogens with zero attached hydrogens (tertiary/aromatic N) is 3. The van der Waals surface area contributed by atoms with Crippen LogP contribution in [0.3, 0.4) is 0 Å². The van der Waals surface area contributed by atoms with Gasteiger partial charge in [-0.2, -0.15) is 0 Å². The summed E-state index contributed by atoms with van der Waals surface area (Å²) in [7, 11) is 0. The van der Waals surface area contributed by atoms with Gasteiger partial charge in [0.2, 0.25) is 5.95 Å². The van der Waals surface area contributed by atoms with E-state index < -0.39 is 18.4 Å². The molecule has 1 N–H and O–H groups in total. The number of halogens is 1. The Balaban J connectivity index is 1.65. The molecular formula is C28H35FN4O5. The van der Waals surface area contributed by atoms with Crippen molar-refractivity contribution in [2.24, 2.45) is 5.92 Å². The molecule has 1 aliphatic rings. The highest BCUT2D eigenvalue weighted by atomic mass is 19.1. The Kier molecular flexibility index (Phi) is 8.08. The van der Waals surface area contributed by atoms with Crippen LogP contribution in [-0.2, 0) is 16.0 Å². The molecule has 1 amide bonds. The summed E-state index contributed by atoms with van der Waals surface area (Å²) in [6, 6.07) is 11.4. The van der Waals surface area contributed by atoms with Gasteiger partial charge in [-0.05, 0) is 62.1 Å². The normalized spacial score (nSPS) is 13.6. The molecule has 1 aromatic heterocycles. The van der Waals surface area contributed by atoms with Crippen molar-refractivity contribution in [3.63, 3.8) is 0 Å². The van der Waals surface area contributed by atoms with E-state index in [1.54, 1.807) is 11.0 Å². The van der Waals surface area contributed by atoms with Crippen LogP contribution in [0.1, 0.15) is 40.2 Å². The van der Waals surface area contributed by atoms with Crippen LogP contribution in [0.5, 0.6) is 5.75 Å². The quantitative estimate of drug-likeness (QED) is 0.430. The van der Waals surface area contributed by atoms with Gasteiger partial charge in [0.1, 0.15) is 24.6 Å². The number of benzene rings is 2. The Morgan fingerprint density at radius 2 is 1.87 bits per heavy atom. The third kappa shape index (κ3) is 6.35. The van der Waals surface area contributed by atoms with Gasteiger partial charge in [-0.15, -0.1) is 0 Å². The second kappa shape index (κ2) is 11.3. The summed E-state index contributed by atoms with van der Waals surface area (Å²) in [5.74, 6) is 1.12. The molecule has 0 fully saturated rings. The molecule has 2 aromatic carbocycles. The van der Waals surface area contributed by atoms with E-state index in [1.165, 1.54) is 4.57 Å². The van der Waals surface area contributed by atoms with E-state index in [4.69, 9.17) is 14.2 Å². The van der Waals surface area contributed by atoms with E-state index >= 15 is 0 Å². The first-order valence-electron chi connectivity index (χ1n) is 12.8. The molecule has 0 spiro atoms. The summed E-state index contributed by atoms with van der Waals surface area (Å²) in [4.78, 5) is 31.7. The topological polar surface area (TPSA) is 94.9 Å². The lowest BCUT2D eigenvalue weighted by molar-refractivity contribution is 0.0225. The third-order valence-electron chi connectivity index (χ3n) is 5.78. The molecule has 4 rings (SSSR count). The SMILES string of the molecule is CC(C)COC(=O)n1c(NCCF)nc2cc(-c3ccc4c(c3)CN(C(=O)OC(C)(C)C)CCO4)ccc21. The zero-order chi connectivity index (χ0) is 27.4. The molecule has 9 nitrogen and oxygen atoms in total. The molecule has 0 bridgehead atoms. The smallest absolute Gasteiger partial charge is 0.421 e. The highest BCUT2D eigenvalue weighted by Crippen LogP contribution is 2.32. The largest absolute Gasteiger partial charge is 0.491 e. The van der Waals surface area contributed by atoms with Crippen molar-refractivity contribution in [2.45, 2.75) is 46.8 Å². The summed E-state index contributed by atoms with van der Waals surface area (Å²) in [5.41, 5.74) is 3.15. The van der Waals surface area contributed by atoms with Crippen LogP contribution in [0.2, 0.25) is 0 Å². The lowest BCUT2D eigenvalue weighted by atomic mass is 10.0. The first-order chi connectivity index (χ1) is 18.1. The van der Waals surface area contributed by atoms with E-state index in [2.05, 4.69) is 10.3 Å². The van der Waals surface area contributed by atoms with Crippen LogP contribution in [0.15, 0.2) is 36.4 Å². The summed E-state index contributed by atoms with van der Waals surface area (Å²) in [6.07, 6.45) is -0.955. The molecule has 0 radical (unpaired) electrons. The van der Waals surface area contributed by atoms with Crippen molar-refractivity contribution in [1.29, 1.82) is 0 Å². The first kappa shape index (κ1) is 27.2. The van der Waals surface area contributed by atoms with Gasteiger partial charge in [0.15, 0.2) is 0 Å². The molecule has 38 heavy (non-hydrogen) atoms. The number of fused-ring (bicyclic) bond motifs is 2. The number of rotatable bonds is 6. The van der Waals surface area contributed by atoms with Gasteiger partial charge in [0.25, 0.3) is 0 Å². The number of aromatic nitrogens is 2. The highest BCUT2D eigenvalue weighted by molar-refractivity contribution is 5.93. The first-order valence-corrected chi connectivity index (χ1v) is 12.8. The average Bonchev–Trinajstić information content (AvgIpc) is 3.07. The Morgan fingerprint density at radius 1 is 1.13 bits per heavy atom. The zero-order valence-electron chi connectivity index (χ0n) is 22.5. The molecule has 1 aliphatic heterocycles. The van der Waals surface area contributed by atoms with Crippen molar-refractivity contribution in [2.75, 3.05) is 38.3 Å². The molecule has 0 saturated heterocycles. The summed E-state index contributed by atoms with van der Waals surface area (Å²) in [5, 5.41) is 2.87. The second-order valence-electron chi connectivity index (χ2n) is 10.6. The van der Waals surface area contributed by atoms with Crippen LogP contribution in [-0.4, -0.2) is 65.2 Å². The second-order valence-corrected chi connectivity index (χ2v) is 10.6. The number of alkyl halides is 1. The zero-order valence-corrected chi connectivity index (χ0v) is 22.5. The van der Waals surface area contributed by atoms with Gasteiger partial charge in [-0.25, -0.2) is 23.5 Å². The molecule has 0 unspecified atom stereocenters. The van der Waals surface area contributed by atoms with Gasteiger partial charge >= 0.3 is 12.2 Å². The number of carbonyl (C=O) groups excluding carboxylic acids is 2. The number of hydrogen-bond acceptors (Lipinski definition) is 7. The molecule has 3 aromatic rings. The Hall–Kier alpha value is -3.82. The number of amides is 1. The maximum Gasteiger partial charge on any atom is 0.421 e. The molecule has 0 atom stereocenters. The van der Waals surface area contributed by atoms with Gasteiger partial charge in [-0.1, -0.05) is 26.0 Å². The van der Waals surface area contributed by atoms with Crippen LogP contribution < -0.4 is 10.1 Å². The third-order valence-corrected chi connectivity index (χ3v) is 5.78. The molecule has 0 saturated carbocycles. The lowest BCUT2D eigenvalue weighted by Crippen LogP contribution is -2.37. The van der Waals surface area contributed by atoms with Gasteiger partial charge in [0.05, 0.1) is 30.7 Å². The fraction of sp³-hybridized carbons (Fsp3) is 0.464. The van der Waals surface area contributed by atoms with Crippen molar-refractivity contribution < 1.29 is 28.2 Å². The van der Waals surface area contributed by atoms with Gasteiger partial charge < -0.3 is 24.4 Å². The number of ether oxygens (including phenoxy) is 3. The summed E-state index contributed by atoms with van der Waals surface area (Å²) >= 11 is 0. The van der Waals surface area contributed by atoms with E-state index in [0.29, 0.717) is 30.7 Å². The van der Waals surface area contributed by atoms with Gasteiger partial charge in [-0.3, -0.25) is 0 Å². The van der Waals surface area contributed by atoms with Crippen molar-refractivity contribution in [3.05, 3.63) is 42.0 Å². The minimum atomic E-state index is -0.604. The predicted octanol–water partition coefficient (Wildman–Crippen LogP) is 5.85. The van der Waals surface area contributed by atoms with Crippen molar-refractivity contribution >= 4 is 29.2 Å². The Bertz CT molecular complexity index is 1310. The highest BCUT2D eigenvalue weighted by Gasteiger charge is 2.26. The van der Waals surface area contributed by atoms with Crippen molar-refractivity contribution in [1.82, 2.24) is 14.5 Å². The molecule has 10 heteroatoms. The number of imidazole rings is 1. The van der Waals surface area contributed by atoms with E-state index in [1.807, 2.05) is 65.0 Å². The number of anilines is 1. The van der Waals surface area contributed by atoms with E-state index in [9.17, 15) is 14.0 Å². The van der Waals surface area contributed by atoms with Crippen LogP contribution in [0.4, 0.5) is 19.9 Å². The average molecular weight is 527 g/mol. The Labute approximate surface area is 221 Å². The van der Waals surface area contributed by atoms with Crippen LogP contribution in [0.25, 0.3) is 22.2 Å². The molecule has 0 aliphatic carbocycles. The number of carbonyl (C=O) groups is 2. The number of nitrogens with one attached hydrogen (secondary N) is 1. The van der Waals surface area contributed by atoms with E-state index in [0.717, 1.165) is 22.4 Å². The minimum Gasteiger partial charge on any atom is -0.491 e. The molecular weight excluding hydrogens is 491 g/mol. The van der Waals surface area contributed by atoms with Crippen LogP contribution >= 0.6 is 0 Å². The number of hydrogen-bond donors (Lipinski definition) is 1. The minimum absolute atomic E-state index is 0.0204. The molecule has 2 heterocycles. The van der Waals surface area contributed by atoms with Crippen LogP contribution in [0, 0.1) is 5.92 Å². The summed E-state index contributed by atoms with van der Waals surface area (Å²) in [6.45, 7) is 10.2. The fourth-order valence-corrected chi connectivity index (χ4v) is 4.08. The maximum absolute atomic E-state index is 12.9. The standard InChI is InChI=1S/C28H35FN4O5/c1-18(2)17-37-27(35)33-23-8-6-20(15-22(23)31-25(33)30-11-10-29)19-7-9-24-21(14-19)16-32(12-13-36-24)26(34)38-28(3,4)5/h6-9,14-15,18H,10-13,16-17H2,1-5H3,(H,30,31). The van der Waals surface area contributed by atoms with Gasteiger partial charge in [0, 0.05) is 12.1 Å². The predicted molar refractivity (Wildman–Crippen MR) is 143 cm³/mol. The lowest BCUT2D eigenvalue weighted by Gasteiger charge is -2.26. The molecule has 204 valence electrons. The maximum atomic E-state index is 12.9. The van der Waals surface area contributed by atoms with Crippen molar-refractivity contribution in [3.8, 4) is 16.9 Å². The summed E-state index contributed by atoms with van der Waals surface area (Å²) < 4.78 is 31.1. The van der Waals surface area contributed by atoms with E-state index in [-0.39, 0.29) is 31.1 Å². The fourth-order valence-electron chi connectivity index (χ4n) is 4.08. The Morgan fingerprint density at radius 3 is 2.58 bits per heavy atom. The monoisotopic (exact) mass is 526 g/mol.